The van der Waals surface area contributed by atoms with Gasteiger partial charge >= 0.3 is 0 Å². The van der Waals surface area contributed by atoms with Crippen molar-refractivity contribution in [3.63, 3.8) is 0 Å². The minimum absolute atomic E-state index is 0.189. The predicted octanol–water partition coefficient (Wildman–Crippen LogP) is 4.14. The molecular weight excluding hydrogens is 314 g/mol. The second kappa shape index (κ2) is 8.06. The number of benzene rings is 2. The molecular formula is C21H25NO3. The minimum atomic E-state index is 0.189. The maximum Gasteiger partial charge on any atom is 0.227 e. The summed E-state index contributed by atoms with van der Waals surface area (Å²) < 4.78 is 10.8. The monoisotopic (exact) mass is 339 g/mol. The van der Waals surface area contributed by atoms with Crippen LogP contribution < -0.4 is 14.4 Å². The highest BCUT2D eigenvalue weighted by molar-refractivity contribution is 5.95. The Labute approximate surface area is 149 Å². The van der Waals surface area contributed by atoms with Crippen molar-refractivity contribution >= 4 is 11.6 Å². The number of hydrogen-bond acceptors (Lipinski definition) is 3. The molecule has 0 radical (unpaired) electrons. The lowest BCUT2D eigenvalue weighted by molar-refractivity contribution is -0.118. The van der Waals surface area contributed by atoms with Gasteiger partial charge < -0.3 is 14.4 Å². The van der Waals surface area contributed by atoms with E-state index >= 15 is 0 Å². The molecule has 132 valence electrons. The quantitative estimate of drug-likeness (QED) is 0.743. The second-order valence-corrected chi connectivity index (χ2v) is 6.36. The van der Waals surface area contributed by atoms with Crippen LogP contribution in [-0.2, 0) is 11.2 Å². The molecule has 1 aliphatic heterocycles. The lowest BCUT2D eigenvalue weighted by Crippen LogP contribution is -2.36. The predicted molar refractivity (Wildman–Crippen MR) is 99.6 cm³/mol. The van der Waals surface area contributed by atoms with Gasteiger partial charge in [0.05, 0.1) is 13.7 Å². The maximum atomic E-state index is 12.7. The summed E-state index contributed by atoms with van der Waals surface area (Å²) in [6.07, 6.45) is 3.30. The third-order valence-electron chi connectivity index (χ3n) is 4.58. The normalized spacial score (nSPS) is 13.3. The molecule has 1 heterocycles. The zero-order valence-corrected chi connectivity index (χ0v) is 15.0. The summed E-state index contributed by atoms with van der Waals surface area (Å²) in [7, 11) is 1.64. The van der Waals surface area contributed by atoms with Gasteiger partial charge in [0, 0.05) is 18.7 Å². The molecule has 0 fully saturated rings. The lowest BCUT2D eigenvalue weighted by atomic mass is 9.98. The fourth-order valence-corrected chi connectivity index (χ4v) is 3.32. The van der Waals surface area contributed by atoms with Crippen LogP contribution in [0.25, 0.3) is 0 Å². The van der Waals surface area contributed by atoms with Gasteiger partial charge in [0.25, 0.3) is 0 Å². The highest BCUT2D eigenvalue weighted by Gasteiger charge is 2.23. The number of nitrogens with zero attached hydrogens (tertiary/aromatic N) is 1. The Morgan fingerprint density at radius 1 is 1.12 bits per heavy atom. The van der Waals surface area contributed by atoms with Crippen molar-refractivity contribution in [3.05, 3.63) is 53.6 Å². The zero-order chi connectivity index (χ0) is 17.6. The molecule has 0 saturated heterocycles. The summed E-state index contributed by atoms with van der Waals surface area (Å²) in [4.78, 5) is 14.6. The van der Waals surface area contributed by atoms with Crippen molar-refractivity contribution in [2.24, 2.45) is 0 Å². The first-order valence-corrected chi connectivity index (χ1v) is 8.85. The summed E-state index contributed by atoms with van der Waals surface area (Å²) in [5.74, 6) is 1.79. The van der Waals surface area contributed by atoms with E-state index in [0.29, 0.717) is 19.4 Å². The minimum Gasteiger partial charge on any atom is -0.497 e. The Kier molecular flexibility index (Phi) is 5.59. The van der Waals surface area contributed by atoms with Crippen LogP contribution in [0.5, 0.6) is 11.5 Å². The fourth-order valence-electron chi connectivity index (χ4n) is 3.32. The van der Waals surface area contributed by atoms with Crippen LogP contribution >= 0.6 is 0 Å². The molecule has 0 spiro atoms. The largest absolute Gasteiger partial charge is 0.497 e. The average molecular weight is 339 g/mol. The fraction of sp³-hybridized carbons (Fsp3) is 0.381. The van der Waals surface area contributed by atoms with Gasteiger partial charge in [0.1, 0.15) is 11.5 Å². The maximum absolute atomic E-state index is 12.7. The number of hydrogen-bond donors (Lipinski definition) is 0. The van der Waals surface area contributed by atoms with E-state index in [-0.39, 0.29) is 5.91 Å². The standard InChI is InChI=1S/C21H25NO3/c1-16-6-3-7-17-8-4-14-22(21(16)17)20(23)9-5-15-25-19-12-10-18(24-2)11-13-19/h3,6-7,10-13H,4-5,8-9,14-15H2,1-2H3. The van der Waals surface area contributed by atoms with Crippen LogP contribution in [0.3, 0.4) is 0 Å². The summed E-state index contributed by atoms with van der Waals surface area (Å²) in [5.41, 5.74) is 3.59. The average Bonchev–Trinajstić information content (AvgIpc) is 2.65. The Morgan fingerprint density at radius 3 is 2.64 bits per heavy atom. The number of carbonyl (C=O) groups excluding carboxylic acids is 1. The first-order valence-electron chi connectivity index (χ1n) is 8.85. The number of anilines is 1. The Hall–Kier alpha value is -2.49. The van der Waals surface area contributed by atoms with Crippen LogP contribution in [0, 0.1) is 6.92 Å². The Morgan fingerprint density at radius 2 is 1.88 bits per heavy atom. The number of rotatable bonds is 6. The molecule has 0 unspecified atom stereocenters. The third kappa shape index (κ3) is 4.13. The molecule has 0 aromatic heterocycles. The van der Waals surface area contributed by atoms with Gasteiger partial charge in [-0.3, -0.25) is 4.79 Å². The van der Waals surface area contributed by atoms with Crippen LogP contribution in [-0.4, -0.2) is 26.2 Å². The molecule has 4 heteroatoms. The number of carbonyl (C=O) groups is 1. The van der Waals surface area contributed by atoms with Crippen molar-refractivity contribution in [3.8, 4) is 11.5 Å². The smallest absolute Gasteiger partial charge is 0.227 e. The molecule has 0 saturated carbocycles. The van der Waals surface area contributed by atoms with Gasteiger partial charge in [-0.2, -0.15) is 0 Å². The van der Waals surface area contributed by atoms with E-state index in [2.05, 4.69) is 25.1 Å². The van der Waals surface area contributed by atoms with Gasteiger partial charge in [-0.15, -0.1) is 0 Å². The lowest BCUT2D eigenvalue weighted by Gasteiger charge is -2.31. The highest BCUT2D eigenvalue weighted by atomic mass is 16.5. The van der Waals surface area contributed by atoms with E-state index in [1.54, 1.807) is 7.11 Å². The molecule has 3 rings (SSSR count). The zero-order valence-electron chi connectivity index (χ0n) is 15.0. The van der Waals surface area contributed by atoms with Gasteiger partial charge in [-0.05, 0) is 61.6 Å². The van der Waals surface area contributed by atoms with Gasteiger partial charge in [-0.25, -0.2) is 0 Å². The van der Waals surface area contributed by atoms with E-state index < -0.39 is 0 Å². The molecule has 2 aromatic rings. The molecule has 0 aliphatic carbocycles. The molecule has 0 bridgehead atoms. The molecule has 25 heavy (non-hydrogen) atoms. The van der Waals surface area contributed by atoms with E-state index in [0.717, 1.165) is 36.6 Å². The Balaban J connectivity index is 1.52. The summed E-state index contributed by atoms with van der Waals surface area (Å²) in [6, 6.07) is 13.8. The summed E-state index contributed by atoms with van der Waals surface area (Å²) in [6.45, 7) is 3.43. The van der Waals surface area contributed by atoms with Gasteiger partial charge in [-0.1, -0.05) is 18.2 Å². The van der Waals surface area contributed by atoms with Gasteiger partial charge in [0.15, 0.2) is 0 Å². The SMILES string of the molecule is COc1ccc(OCCCC(=O)N2CCCc3cccc(C)c32)cc1. The van der Waals surface area contributed by atoms with E-state index in [1.807, 2.05) is 29.2 Å². The van der Waals surface area contributed by atoms with Gasteiger partial charge in [0.2, 0.25) is 5.91 Å². The van der Waals surface area contributed by atoms with Crippen molar-refractivity contribution < 1.29 is 14.3 Å². The molecule has 1 amide bonds. The molecule has 4 nitrogen and oxygen atoms in total. The summed E-state index contributed by atoms with van der Waals surface area (Å²) in [5, 5.41) is 0. The van der Waals surface area contributed by atoms with E-state index in [1.165, 1.54) is 11.1 Å². The molecule has 0 atom stereocenters. The highest BCUT2D eigenvalue weighted by Crippen LogP contribution is 2.31. The number of amides is 1. The number of aryl methyl sites for hydroxylation is 2. The first kappa shape index (κ1) is 17.3. The van der Waals surface area contributed by atoms with Crippen molar-refractivity contribution in [1.29, 1.82) is 0 Å². The Bertz CT molecular complexity index is 724. The first-order chi connectivity index (χ1) is 12.2. The van der Waals surface area contributed by atoms with Crippen LogP contribution in [0.1, 0.15) is 30.4 Å². The number of para-hydroxylation sites is 1. The van der Waals surface area contributed by atoms with Crippen molar-refractivity contribution in [2.45, 2.75) is 32.6 Å². The summed E-state index contributed by atoms with van der Waals surface area (Å²) >= 11 is 0. The topological polar surface area (TPSA) is 38.8 Å². The van der Waals surface area contributed by atoms with Crippen LogP contribution in [0.4, 0.5) is 5.69 Å². The van der Waals surface area contributed by atoms with E-state index in [4.69, 9.17) is 9.47 Å². The van der Waals surface area contributed by atoms with Crippen molar-refractivity contribution in [1.82, 2.24) is 0 Å². The number of ether oxygens (including phenoxy) is 2. The van der Waals surface area contributed by atoms with Crippen LogP contribution in [0.2, 0.25) is 0 Å². The molecule has 0 N–H and O–H groups in total. The number of methoxy groups -OCH3 is 1. The third-order valence-corrected chi connectivity index (χ3v) is 4.58. The van der Waals surface area contributed by atoms with Crippen LogP contribution in [0.15, 0.2) is 42.5 Å². The number of fused-ring (bicyclic) bond motifs is 1. The van der Waals surface area contributed by atoms with E-state index in [9.17, 15) is 4.79 Å². The molecule has 2 aromatic carbocycles. The second-order valence-electron chi connectivity index (χ2n) is 6.36. The van der Waals surface area contributed by atoms with Crippen molar-refractivity contribution in [2.75, 3.05) is 25.2 Å². The molecule has 1 aliphatic rings.